The van der Waals surface area contributed by atoms with Crippen LogP contribution in [-0.2, 0) is 27.2 Å². The minimum Gasteiger partial charge on any atom is -0.481 e. The SMILES string of the molecule is CCC(Oc1ccc2c(c1)CCCC2)C(=O)Nc1nnc(SCC(=O)OC)s1. The van der Waals surface area contributed by atoms with Crippen LogP contribution in [0.4, 0.5) is 5.13 Å². The topological polar surface area (TPSA) is 90.4 Å². The smallest absolute Gasteiger partial charge is 0.316 e. The van der Waals surface area contributed by atoms with Gasteiger partial charge in [-0.1, -0.05) is 36.1 Å². The lowest BCUT2D eigenvalue weighted by Crippen LogP contribution is -2.32. The Morgan fingerprint density at radius 1 is 1.25 bits per heavy atom. The Bertz CT molecular complexity index is 840. The highest BCUT2D eigenvalue weighted by Crippen LogP contribution is 2.27. The Balaban J connectivity index is 1.58. The number of fused-ring (bicyclic) bond motifs is 1. The Morgan fingerprint density at radius 3 is 2.79 bits per heavy atom. The summed E-state index contributed by atoms with van der Waals surface area (Å²) >= 11 is 2.43. The van der Waals surface area contributed by atoms with Crippen LogP contribution in [0.2, 0.25) is 0 Å². The van der Waals surface area contributed by atoms with E-state index in [9.17, 15) is 9.59 Å². The van der Waals surface area contributed by atoms with Crippen molar-refractivity contribution in [3.8, 4) is 5.75 Å². The highest BCUT2D eigenvalue weighted by Gasteiger charge is 2.21. The summed E-state index contributed by atoms with van der Waals surface area (Å²) < 4.78 is 11.1. The van der Waals surface area contributed by atoms with Crippen molar-refractivity contribution in [2.45, 2.75) is 49.5 Å². The summed E-state index contributed by atoms with van der Waals surface area (Å²) in [6.45, 7) is 1.90. The molecule has 3 rings (SSSR count). The Morgan fingerprint density at radius 2 is 2.04 bits per heavy atom. The number of anilines is 1. The first-order valence-electron chi connectivity index (χ1n) is 9.21. The number of hydrogen-bond acceptors (Lipinski definition) is 8. The number of amides is 1. The van der Waals surface area contributed by atoms with E-state index in [1.165, 1.54) is 54.2 Å². The second kappa shape index (κ2) is 9.88. The van der Waals surface area contributed by atoms with Gasteiger partial charge < -0.3 is 9.47 Å². The van der Waals surface area contributed by atoms with Crippen LogP contribution < -0.4 is 10.1 Å². The maximum absolute atomic E-state index is 12.6. The molecule has 1 heterocycles. The van der Waals surface area contributed by atoms with Crippen molar-refractivity contribution in [3.63, 3.8) is 0 Å². The van der Waals surface area contributed by atoms with Crippen LogP contribution in [0.5, 0.6) is 5.75 Å². The first-order valence-corrected chi connectivity index (χ1v) is 11.0. The molecule has 0 radical (unpaired) electrons. The van der Waals surface area contributed by atoms with E-state index in [0.717, 1.165) is 12.8 Å². The average Bonchev–Trinajstić information content (AvgIpc) is 3.17. The van der Waals surface area contributed by atoms with E-state index in [0.29, 0.717) is 21.6 Å². The molecule has 1 aliphatic rings. The third-order valence-corrected chi connectivity index (χ3v) is 6.38. The van der Waals surface area contributed by atoms with Gasteiger partial charge in [0.15, 0.2) is 10.4 Å². The van der Waals surface area contributed by atoms with Crippen LogP contribution in [0.3, 0.4) is 0 Å². The van der Waals surface area contributed by atoms with Crippen LogP contribution in [0.25, 0.3) is 0 Å². The monoisotopic (exact) mass is 421 g/mol. The Labute approximate surface area is 172 Å². The van der Waals surface area contributed by atoms with E-state index in [1.807, 2.05) is 13.0 Å². The molecule has 0 saturated carbocycles. The molecular weight excluding hydrogens is 398 g/mol. The number of nitrogens with zero attached hydrogens (tertiary/aromatic N) is 2. The van der Waals surface area contributed by atoms with Gasteiger partial charge in [0.05, 0.1) is 12.9 Å². The maximum atomic E-state index is 12.6. The van der Waals surface area contributed by atoms with Gasteiger partial charge >= 0.3 is 5.97 Å². The minimum atomic E-state index is -0.614. The standard InChI is InChI=1S/C19H23N3O4S2/c1-3-15(26-14-9-8-12-6-4-5-7-13(12)10-14)17(24)20-18-21-22-19(28-18)27-11-16(23)25-2/h8-10,15H,3-7,11H2,1-2H3,(H,20,21,24). The lowest BCUT2D eigenvalue weighted by atomic mass is 9.92. The molecule has 0 aliphatic heterocycles. The molecule has 9 heteroatoms. The molecule has 1 aromatic carbocycles. The third kappa shape index (κ3) is 5.45. The number of esters is 1. The number of hydrogen-bond donors (Lipinski definition) is 1. The number of rotatable bonds is 8. The molecule has 1 aromatic heterocycles. The minimum absolute atomic E-state index is 0.151. The van der Waals surface area contributed by atoms with Gasteiger partial charge in [-0.05, 0) is 55.4 Å². The molecule has 1 amide bonds. The largest absolute Gasteiger partial charge is 0.481 e. The van der Waals surface area contributed by atoms with Gasteiger partial charge in [-0.2, -0.15) is 0 Å². The third-order valence-electron chi connectivity index (χ3n) is 4.44. The number of aryl methyl sites for hydroxylation is 2. The summed E-state index contributed by atoms with van der Waals surface area (Å²) in [6, 6.07) is 6.09. The zero-order valence-electron chi connectivity index (χ0n) is 15.9. The number of aromatic nitrogens is 2. The van der Waals surface area contributed by atoms with Crippen molar-refractivity contribution < 1.29 is 19.1 Å². The van der Waals surface area contributed by atoms with Crippen LogP contribution in [0, 0.1) is 0 Å². The first kappa shape index (κ1) is 20.6. The van der Waals surface area contributed by atoms with E-state index < -0.39 is 6.10 Å². The zero-order chi connectivity index (χ0) is 19.9. The maximum Gasteiger partial charge on any atom is 0.316 e. The fourth-order valence-electron chi connectivity index (χ4n) is 2.95. The number of carbonyl (C=O) groups is 2. The fourth-order valence-corrected chi connectivity index (χ4v) is 4.54. The first-order chi connectivity index (χ1) is 13.6. The molecule has 0 saturated heterocycles. The van der Waals surface area contributed by atoms with Gasteiger partial charge in [-0.25, -0.2) is 0 Å². The lowest BCUT2D eigenvalue weighted by Gasteiger charge is -2.20. The molecule has 1 atom stereocenters. The molecule has 7 nitrogen and oxygen atoms in total. The molecule has 0 fully saturated rings. The average molecular weight is 422 g/mol. The highest BCUT2D eigenvalue weighted by molar-refractivity contribution is 8.01. The molecule has 2 aromatic rings. The van der Waals surface area contributed by atoms with Crippen molar-refractivity contribution in [1.29, 1.82) is 0 Å². The second-order valence-electron chi connectivity index (χ2n) is 6.38. The van der Waals surface area contributed by atoms with Crippen molar-refractivity contribution in [3.05, 3.63) is 29.3 Å². The fraction of sp³-hybridized carbons (Fsp3) is 0.474. The van der Waals surface area contributed by atoms with E-state index in [1.54, 1.807) is 0 Å². The van der Waals surface area contributed by atoms with E-state index in [2.05, 4.69) is 32.4 Å². The van der Waals surface area contributed by atoms with Crippen LogP contribution >= 0.6 is 23.1 Å². The molecule has 150 valence electrons. The van der Waals surface area contributed by atoms with Gasteiger partial charge in [-0.15, -0.1) is 10.2 Å². The van der Waals surface area contributed by atoms with Gasteiger partial charge in [0, 0.05) is 0 Å². The van der Waals surface area contributed by atoms with E-state index >= 15 is 0 Å². The van der Waals surface area contributed by atoms with Crippen molar-refractivity contribution in [1.82, 2.24) is 10.2 Å². The molecule has 0 bridgehead atoms. The van der Waals surface area contributed by atoms with Gasteiger partial charge in [0.25, 0.3) is 5.91 Å². The van der Waals surface area contributed by atoms with Crippen molar-refractivity contribution >= 4 is 40.1 Å². The Hall–Kier alpha value is -2.13. The molecular formula is C19H23N3O4S2. The number of thioether (sulfide) groups is 1. The van der Waals surface area contributed by atoms with Crippen LogP contribution in [0.15, 0.2) is 22.5 Å². The molecule has 28 heavy (non-hydrogen) atoms. The molecule has 1 unspecified atom stereocenters. The summed E-state index contributed by atoms with van der Waals surface area (Å²) in [5.74, 6) is 0.267. The van der Waals surface area contributed by atoms with Crippen molar-refractivity contribution in [2.75, 3.05) is 18.2 Å². The van der Waals surface area contributed by atoms with Crippen LogP contribution in [0.1, 0.15) is 37.3 Å². The molecule has 0 spiro atoms. The number of carbonyl (C=O) groups excluding carboxylic acids is 2. The van der Waals surface area contributed by atoms with Gasteiger partial charge in [0.2, 0.25) is 5.13 Å². The Kier molecular flexibility index (Phi) is 7.27. The molecule has 1 N–H and O–H groups in total. The molecule has 1 aliphatic carbocycles. The predicted molar refractivity (Wildman–Crippen MR) is 109 cm³/mol. The predicted octanol–water partition coefficient (Wildman–Crippen LogP) is 3.48. The van der Waals surface area contributed by atoms with Gasteiger partial charge in [0.1, 0.15) is 5.75 Å². The number of methoxy groups -OCH3 is 1. The van der Waals surface area contributed by atoms with E-state index in [4.69, 9.17) is 4.74 Å². The summed E-state index contributed by atoms with van der Waals surface area (Å²) in [5, 5.41) is 11.0. The quantitative estimate of drug-likeness (QED) is 0.396. The number of benzene rings is 1. The zero-order valence-corrected chi connectivity index (χ0v) is 17.5. The summed E-state index contributed by atoms with van der Waals surface area (Å²) in [6.07, 6.45) is 4.52. The van der Waals surface area contributed by atoms with E-state index in [-0.39, 0.29) is 17.6 Å². The number of ether oxygens (including phenoxy) is 2. The highest BCUT2D eigenvalue weighted by atomic mass is 32.2. The lowest BCUT2D eigenvalue weighted by molar-refractivity contribution is -0.137. The van der Waals surface area contributed by atoms with Crippen LogP contribution in [-0.4, -0.2) is 41.0 Å². The number of nitrogens with one attached hydrogen (secondary N) is 1. The van der Waals surface area contributed by atoms with Crippen molar-refractivity contribution in [2.24, 2.45) is 0 Å². The normalized spacial score (nSPS) is 14.1. The summed E-state index contributed by atoms with van der Waals surface area (Å²) in [4.78, 5) is 23.8. The summed E-state index contributed by atoms with van der Waals surface area (Å²) in [7, 11) is 1.34. The van der Waals surface area contributed by atoms with Gasteiger partial charge in [-0.3, -0.25) is 14.9 Å². The second-order valence-corrected chi connectivity index (χ2v) is 8.58. The summed E-state index contributed by atoms with van der Waals surface area (Å²) in [5.41, 5.74) is 2.69.